The number of carbonyl (C=O) groups excluding carboxylic acids is 1. The van der Waals surface area contributed by atoms with Gasteiger partial charge in [-0.2, -0.15) is 0 Å². The van der Waals surface area contributed by atoms with Crippen molar-refractivity contribution in [3.8, 4) is 0 Å². The van der Waals surface area contributed by atoms with E-state index in [-0.39, 0.29) is 5.91 Å². The first-order valence-electron chi connectivity index (χ1n) is 5.83. The normalized spacial score (nSPS) is 16.7. The summed E-state index contributed by atoms with van der Waals surface area (Å²) in [5.74, 6) is 0.350. The molecule has 1 amide bonds. The molecule has 0 aliphatic carbocycles. The van der Waals surface area contributed by atoms with Gasteiger partial charge in [0.25, 0.3) is 5.91 Å². The maximum atomic E-state index is 11.7. The zero-order valence-corrected chi connectivity index (χ0v) is 9.57. The van der Waals surface area contributed by atoms with Crippen molar-refractivity contribution in [1.29, 1.82) is 0 Å². The summed E-state index contributed by atoms with van der Waals surface area (Å²) >= 11 is 0. The number of carbonyl (C=O) groups is 1. The Morgan fingerprint density at radius 2 is 2.18 bits per heavy atom. The Kier molecular flexibility index (Phi) is 3.93. The highest BCUT2D eigenvalue weighted by atomic mass is 16.4. The third kappa shape index (κ3) is 3.42. The van der Waals surface area contributed by atoms with E-state index < -0.39 is 5.63 Å². The first kappa shape index (κ1) is 11.9. The summed E-state index contributed by atoms with van der Waals surface area (Å²) < 4.78 is 4.64. The molecule has 0 aromatic carbocycles. The molecule has 1 aliphatic heterocycles. The average Bonchev–Trinajstić information content (AvgIpc) is 2.38. The number of amides is 1. The molecule has 0 spiro atoms. The van der Waals surface area contributed by atoms with Gasteiger partial charge in [-0.1, -0.05) is 0 Å². The largest absolute Gasteiger partial charge is 0.430 e. The minimum atomic E-state index is -0.445. The number of hydrogen-bond acceptors (Lipinski definition) is 4. The fourth-order valence-corrected chi connectivity index (χ4v) is 1.91. The van der Waals surface area contributed by atoms with Crippen LogP contribution in [0.5, 0.6) is 0 Å². The highest BCUT2D eigenvalue weighted by Gasteiger charge is 2.14. The average molecular weight is 236 g/mol. The van der Waals surface area contributed by atoms with Gasteiger partial charge in [0.1, 0.15) is 6.26 Å². The molecule has 2 heterocycles. The molecule has 92 valence electrons. The molecular weight excluding hydrogens is 220 g/mol. The molecule has 1 aromatic heterocycles. The monoisotopic (exact) mass is 236 g/mol. The van der Waals surface area contributed by atoms with Crippen LogP contribution in [0.2, 0.25) is 0 Å². The highest BCUT2D eigenvalue weighted by molar-refractivity contribution is 5.93. The lowest BCUT2D eigenvalue weighted by Crippen LogP contribution is -2.36. The number of hydrogen-bond donors (Lipinski definition) is 2. The first-order chi connectivity index (χ1) is 8.25. The van der Waals surface area contributed by atoms with Crippen LogP contribution in [-0.4, -0.2) is 25.5 Å². The van der Waals surface area contributed by atoms with Crippen LogP contribution in [0.1, 0.15) is 23.2 Å². The van der Waals surface area contributed by atoms with Gasteiger partial charge in [-0.05, 0) is 37.9 Å². The van der Waals surface area contributed by atoms with Gasteiger partial charge in [0.2, 0.25) is 0 Å². The summed E-state index contributed by atoms with van der Waals surface area (Å²) in [5.41, 5.74) is -0.0570. The molecule has 0 unspecified atom stereocenters. The second-order valence-corrected chi connectivity index (χ2v) is 4.25. The molecule has 5 nitrogen and oxygen atoms in total. The lowest BCUT2D eigenvalue weighted by atomic mass is 9.98. The van der Waals surface area contributed by atoms with E-state index in [1.165, 1.54) is 18.4 Å². The van der Waals surface area contributed by atoms with Gasteiger partial charge < -0.3 is 15.1 Å². The minimum Gasteiger partial charge on any atom is -0.430 e. The zero-order chi connectivity index (χ0) is 12.1. The second-order valence-electron chi connectivity index (χ2n) is 4.25. The Morgan fingerprint density at radius 1 is 1.41 bits per heavy atom. The van der Waals surface area contributed by atoms with Crippen molar-refractivity contribution in [1.82, 2.24) is 10.6 Å². The SMILES string of the molecule is O=C(NCC1CCNCC1)c1ccc(=O)oc1. The van der Waals surface area contributed by atoms with E-state index in [1.807, 2.05) is 0 Å². The van der Waals surface area contributed by atoms with Crippen molar-refractivity contribution in [2.24, 2.45) is 5.92 Å². The molecule has 0 saturated carbocycles. The quantitative estimate of drug-likeness (QED) is 0.795. The predicted octanol–water partition coefficient (Wildman–Crippen LogP) is 0.369. The Balaban J connectivity index is 1.84. The topological polar surface area (TPSA) is 71.3 Å². The van der Waals surface area contributed by atoms with Crippen LogP contribution in [0.25, 0.3) is 0 Å². The van der Waals surface area contributed by atoms with Gasteiger partial charge in [0.05, 0.1) is 5.56 Å². The summed E-state index contributed by atoms with van der Waals surface area (Å²) in [6.07, 6.45) is 3.37. The Morgan fingerprint density at radius 3 is 2.82 bits per heavy atom. The van der Waals surface area contributed by atoms with Crippen LogP contribution >= 0.6 is 0 Å². The van der Waals surface area contributed by atoms with E-state index in [1.54, 1.807) is 0 Å². The zero-order valence-electron chi connectivity index (χ0n) is 9.57. The van der Waals surface area contributed by atoms with E-state index in [9.17, 15) is 9.59 Å². The van der Waals surface area contributed by atoms with Gasteiger partial charge in [-0.25, -0.2) is 4.79 Å². The molecule has 5 heteroatoms. The molecule has 2 rings (SSSR count). The van der Waals surface area contributed by atoms with Crippen LogP contribution in [0.4, 0.5) is 0 Å². The van der Waals surface area contributed by atoms with Crippen molar-refractivity contribution in [3.63, 3.8) is 0 Å². The molecule has 0 bridgehead atoms. The summed E-state index contributed by atoms with van der Waals surface area (Å²) in [7, 11) is 0. The molecule has 2 N–H and O–H groups in total. The lowest BCUT2D eigenvalue weighted by molar-refractivity contribution is 0.0942. The molecule has 17 heavy (non-hydrogen) atoms. The third-order valence-corrected chi connectivity index (χ3v) is 2.97. The number of nitrogens with one attached hydrogen (secondary N) is 2. The van der Waals surface area contributed by atoms with Gasteiger partial charge >= 0.3 is 5.63 Å². The summed E-state index contributed by atoms with van der Waals surface area (Å²) in [4.78, 5) is 22.5. The summed E-state index contributed by atoms with van der Waals surface area (Å²) in [5, 5.41) is 6.14. The van der Waals surface area contributed by atoms with E-state index in [2.05, 4.69) is 15.1 Å². The highest BCUT2D eigenvalue weighted by Crippen LogP contribution is 2.10. The summed E-state index contributed by atoms with van der Waals surface area (Å²) in [6, 6.07) is 2.73. The Hall–Kier alpha value is -1.62. The molecule has 1 aliphatic rings. The first-order valence-corrected chi connectivity index (χ1v) is 5.83. The fraction of sp³-hybridized carbons (Fsp3) is 0.500. The molecule has 1 saturated heterocycles. The maximum Gasteiger partial charge on any atom is 0.335 e. The van der Waals surface area contributed by atoms with E-state index in [4.69, 9.17) is 0 Å². The van der Waals surface area contributed by atoms with Gasteiger partial charge in [-0.3, -0.25) is 4.79 Å². The van der Waals surface area contributed by atoms with Crippen LogP contribution < -0.4 is 16.3 Å². The van der Waals surface area contributed by atoms with Crippen molar-refractivity contribution in [2.75, 3.05) is 19.6 Å². The van der Waals surface area contributed by atoms with Crippen LogP contribution in [0.15, 0.2) is 27.6 Å². The predicted molar refractivity (Wildman–Crippen MR) is 62.9 cm³/mol. The van der Waals surface area contributed by atoms with Crippen LogP contribution in [0.3, 0.4) is 0 Å². The van der Waals surface area contributed by atoms with Crippen LogP contribution in [-0.2, 0) is 0 Å². The third-order valence-electron chi connectivity index (χ3n) is 2.97. The van der Waals surface area contributed by atoms with Gasteiger partial charge in [-0.15, -0.1) is 0 Å². The summed E-state index contributed by atoms with van der Waals surface area (Å²) in [6.45, 7) is 2.71. The minimum absolute atomic E-state index is 0.188. The number of rotatable bonds is 3. The maximum absolute atomic E-state index is 11.7. The van der Waals surface area contributed by atoms with Crippen molar-refractivity contribution < 1.29 is 9.21 Å². The van der Waals surface area contributed by atoms with E-state index in [0.717, 1.165) is 25.9 Å². The van der Waals surface area contributed by atoms with Gasteiger partial charge in [0.15, 0.2) is 0 Å². The van der Waals surface area contributed by atoms with E-state index >= 15 is 0 Å². The van der Waals surface area contributed by atoms with Crippen molar-refractivity contribution >= 4 is 5.91 Å². The van der Waals surface area contributed by atoms with Crippen molar-refractivity contribution in [3.05, 3.63) is 34.4 Å². The number of piperidine rings is 1. The van der Waals surface area contributed by atoms with E-state index in [0.29, 0.717) is 18.0 Å². The fourth-order valence-electron chi connectivity index (χ4n) is 1.91. The Bertz CT molecular complexity index is 415. The lowest BCUT2D eigenvalue weighted by Gasteiger charge is -2.22. The molecular formula is C12H16N2O3. The molecule has 1 fully saturated rings. The Labute approximate surface area is 99.2 Å². The van der Waals surface area contributed by atoms with Crippen molar-refractivity contribution in [2.45, 2.75) is 12.8 Å². The molecule has 0 atom stereocenters. The molecule has 0 radical (unpaired) electrons. The standard InChI is InChI=1S/C12H16N2O3/c15-11-2-1-10(8-17-11)12(16)14-7-9-3-5-13-6-4-9/h1-2,8-9,13H,3-7H2,(H,14,16). The smallest absolute Gasteiger partial charge is 0.335 e. The van der Waals surface area contributed by atoms with Crippen LogP contribution in [0, 0.1) is 5.92 Å². The second kappa shape index (κ2) is 5.63. The van der Waals surface area contributed by atoms with Gasteiger partial charge in [0, 0.05) is 12.6 Å². The molecule has 1 aromatic rings.